The van der Waals surface area contributed by atoms with Gasteiger partial charge in [0, 0.05) is 18.5 Å². The number of tetrazole rings is 1. The zero-order chi connectivity index (χ0) is 12.1. The van der Waals surface area contributed by atoms with Gasteiger partial charge in [0.2, 0.25) is 0 Å². The van der Waals surface area contributed by atoms with Gasteiger partial charge in [0.1, 0.15) is 5.82 Å². The Balaban J connectivity index is 1.85. The zero-order valence-corrected chi connectivity index (χ0v) is 8.85. The smallest absolute Gasteiger partial charge is 0.251 e. The number of nitrogens with one attached hydrogen (secondary N) is 2. The number of halogens is 1. The SMILES string of the molecule is O=C(NCCc1nn[nH]n1)c1cccc(F)c1. The fourth-order valence-electron chi connectivity index (χ4n) is 1.31. The molecule has 1 aromatic heterocycles. The second kappa shape index (κ2) is 5.15. The van der Waals surface area contributed by atoms with E-state index in [1.54, 1.807) is 6.07 Å². The summed E-state index contributed by atoms with van der Waals surface area (Å²) in [4.78, 5) is 11.6. The molecule has 0 unspecified atom stereocenters. The molecule has 2 aromatic rings. The predicted molar refractivity (Wildman–Crippen MR) is 56.6 cm³/mol. The highest BCUT2D eigenvalue weighted by Gasteiger charge is 2.06. The standard InChI is InChI=1S/C10H10FN5O/c11-8-3-1-2-7(6-8)10(17)12-5-4-9-13-15-16-14-9/h1-3,6H,4-5H2,(H,12,17)(H,13,14,15,16). The molecule has 0 saturated carbocycles. The van der Waals surface area contributed by atoms with Gasteiger partial charge in [-0.2, -0.15) is 5.21 Å². The van der Waals surface area contributed by atoms with E-state index in [1.807, 2.05) is 0 Å². The number of H-pyrrole nitrogens is 1. The largest absolute Gasteiger partial charge is 0.352 e. The van der Waals surface area contributed by atoms with Crippen LogP contribution in [-0.2, 0) is 6.42 Å². The summed E-state index contributed by atoms with van der Waals surface area (Å²) < 4.78 is 12.9. The van der Waals surface area contributed by atoms with E-state index in [-0.39, 0.29) is 11.5 Å². The van der Waals surface area contributed by atoms with Gasteiger partial charge in [-0.3, -0.25) is 4.79 Å². The monoisotopic (exact) mass is 235 g/mol. The minimum atomic E-state index is -0.434. The molecule has 0 aliphatic carbocycles. The van der Waals surface area contributed by atoms with Crippen molar-refractivity contribution in [1.82, 2.24) is 25.9 Å². The first-order chi connectivity index (χ1) is 8.25. The molecule has 7 heteroatoms. The highest BCUT2D eigenvalue weighted by molar-refractivity contribution is 5.94. The Bertz CT molecular complexity index is 499. The number of carbonyl (C=O) groups excluding carboxylic acids is 1. The molecule has 0 atom stereocenters. The summed E-state index contributed by atoms with van der Waals surface area (Å²) in [5.41, 5.74) is 0.290. The molecular formula is C10H10FN5O. The highest BCUT2D eigenvalue weighted by Crippen LogP contribution is 2.02. The van der Waals surface area contributed by atoms with Crippen LogP contribution in [0.25, 0.3) is 0 Å². The van der Waals surface area contributed by atoms with Crippen LogP contribution in [0.4, 0.5) is 4.39 Å². The predicted octanol–water partition coefficient (Wildman–Crippen LogP) is 0.311. The summed E-state index contributed by atoms with van der Waals surface area (Å²) in [6.07, 6.45) is 0.470. The molecule has 1 amide bonds. The molecular weight excluding hydrogens is 225 g/mol. The van der Waals surface area contributed by atoms with Gasteiger partial charge >= 0.3 is 0 Å². The van der Waals surface area contributed by atoms with Crippen molar-refractivity contribution >= 4 is 5.91 Å². The van der Waals surface area contributed by atoms with Crippen molar-refractivity contribution in [3.05, 3.63) is 41.5 Å². The van der Waals surface area contributed by atoms with Crippen LogP contribution in [0.2, 0.25) is 0 Å². The van der Waals surface area contributed by atoms with E-state index in [9.17, 15) is 9.18 Å². The third kappa shape index (κ3) is 3.07. The van der Waals surface area contributed by atoms with E-state index in [2.05, 4.69) is 25.9 Å². The number of amides is 1. The number of carbonyl (C=O) groups is 1. The third-order valence-corrected chi connectivity index (χ3v) is 2.11. The van der Waals surface area contributed by atoms with Crippen LogP contribution in [0.15, 0.2) is 24.3 Å². The summed E-state index contributed by atoms with van der Waals surface area (Å²) in [6.45, 7) is 0.370. The van der Waals surface area contributed by atoms with Crippen LogP contribution in [0, 0.1) is 5.82 Å². The fourth-order valence-corrected chi connectivity index (χ4v) is 1.31. The van der Waals surface area contributed by atoms with Crippen molar-refractivity contribution in [1.29, 1.82) is 0 Å². The number of hydrogen-bond donors (Lipinski definition) is 2. The van der Waals surface area contributed by atoms with Gasteiger partial charge in [0.25, 0.3) is 5.91 Å². The molecule has 0 saturated heterocycles. The fraction of sp³-hybridized carbons (Fsp3) is 0.200. The average Bonchev–Trinajstić information content (AvgIpc) is 2.82. The van der Waals surface area contributed by atoms with Gasteiger partial charge in [-0.1, -0.05) is 11.3 Å². The summed E-state index contributed by atoms with van der Waals surface area (Å²) in [7, 11) is 0. The van der Waals surface area contributed by atoms with Gasteiger partial charge in [0.05, 0.1) is 0 Å². The first-order valence-corrected chi connectivity index (χ1v) is 5.02. The number of aromatic amines is 1. The molecule has 0 aliphatic heterocycles. The van der Waals surface area contributed by atoms with Gasteiger partial charge in [0.15, 0.2) is 5.82 Å². The maximum absolute atomic E-state index is 12.9. The molecule has 0 radical (unpaired) electrons. The van der Waals surface area contributed by atoms with Crippen molar-refractivity contribution in [3.63, 3.8) is 0 Å². The van der Waals surface area contributed by atoms with Crippen molar-refractivity contribution in [2.45, 2.75) is 6.42 Å². The molecule has 1 heterocycles. The zero-order valence-electron chi connectivity index (χ0n) is 8.85. The lowest BCUT2D eigenvalue weighted by Gasteiger charge is -2.03. The molecule has 2 N–H and O–H groups in total. The average molecular weight is 235 g/mol. The van der Waals surface area contributed by atoms with Crippen LogP contribution in [0.1, 0.15) is 16.2 Å². The Morgan fingerprint density at radius 2 is 2.35 bits per heavy atom. The molecule has 2 rings (SSSR count). The third-order valence-electron chi connectivity index (χ3n) is 2.11. The summed E-state index contributed by atoms with van der Waals surface area (Å²) >= 11 is 0. The second-order valence-corrected chi connectivity index (χ2v) is 3.34. The molecule has 88 valence electrons. The minimum absolute atomic E-state index is 0.290. The Morgan fingerprint density at radius 1 is 1.47 bits per heavy atom. The topological polar surface area (TPSA) is 83.6 Å². The Hall–Kier alpha value is -2.31. The van der Waals surface area contributed by atoms with E-state index in [0.717, 1.165) is 0 Å². The molecule has 6 nitrogen and oxygen atoms in total. The quantitative estimate of drug-likeness (QED) is 0.799. The van der Waals surface area contributed by atoms with Gasteiger partial charge in [-0.25, -0.2) is 4.39 Å². The van der Waals surface area contributed by atoms with Crippen molar-refractivity contribution in [3.8, 4) is 0 Å². The first kappa shape index (κ1) is 11.2. The van der Waals surface area contributed by atoms with Crippen LogP contribution >= 0.6 is 0 Å². The Kier molecular flexibility index (Phi) is 3.39. The molecule has 0 spiro atoms. The van der Waals surface area contributed by atoms with E-state index in [1.165, 1.54) is 18.2 Å². The lowest BCUT2D eigenvalue weighted by atomic mass is 10.2. The molecule has 17 heavy (non-hydrogen) atoms. The van der Waals surface area contributed by atoms with Crippen LogP contribution in [0.3, 0.4) is 0 Å². The van der Waals surface area contributed by atoms with Crippen LogP contribution in [-0.4, -0.2) is 33.1 Å². The first-order valence-electron chi connectivity index (χ1n) is 5.02. The molecule has 0 fully saturated rings. The van der Waals surface area contributed by atoms with E-state index in [0.29, 0.717) is 18.8 Å². The number of nitrogens with zero attached hydrogens (tertiary/aromatic N) is 3. The number of benzene rings is 1. The second-order valence-electron chi connectivity index (χ2n) is 3.34. The minimum Gasteiger partial charge on any atom is -0.352 e. The number of hydrogen-bond acceptors (Lipinski definition) is 4. The van der Waals surface area contributed by atoms with Crippen LogP contribution < -0.4 is 5.32 Å². The van der Waals surface area contributed by atoms with E-state index >= 15 is 0 Å². The summed E-state index contributed by atoms with van der Waals surface area (Å²) in [5.74, 6) is -0.242. The van der Waals surface area contributed by atoms with E-state index < -0.39 is 5.82 Å². The van der Waals surface area contributed by atoms with Gasteiger partial charge in [-0.15, -0.1) is 10.2 Å². The normalized spacial score (nSPS) is 10.2. The van der Waals surface area contributed by atoms with E-state index in [4.69, 9.17) is 0 Å². The van der Waals surface area contributed by atoms with Crippen LogP contribution in [0.5, 0.6) is 0 Å². The Labute approximate surface area is 96.2 Å². The number of aromatic nitrogens is 4. The molecule has 1 aromatic carbocycles. The number of rotatable bonds is 4. The van der Waals surface area contributed by atoms with Gasteiger partial charge in [-0.05, 0) is 18.2 Å². The summed E-state index contributed by atoms with van der Waals surface area (Å²) in [5, 5.41) is 15.8. The molecule has 0 aliphatic rings. The van der Waals surface area contributed by atoms with Crippen molar-refractivity contribution in [2.24, 2.45) is 0 Å². The van der Waals surface area contributed by atoms with Crippen molar-refractivity contribution < 1.29 is 9.18 Å². The Morgan fingerprint density at radius 3 is 3.06 bits per heavy atom. The molecule has 0 bridgehead atoms. The van der Waals surface area contributed by atoms with Crippen molar-refractivity contribution in [2.75, 3.05) is 6.54 Å². The highest BCUT2D eigenvalue weighted by atomic mass is 19.1. The van der Waals surface area contributed by atoms with Gasteiger partial charge < -0.3 is 5.32 Å². The summed E-state index contributed by atoms with van der Waals surface area (Å²) in [6, 6.07) is 5.51. The lowest BCUT2D eigenvalue weighted by Crippen LogP contribution is -2.26. The maximum atomic E-state index is 12.9. The maximum Gasteiger partial charge on any atom is 0.251 e. The lowest BCUT2D eigenvalue weighted by molar-refractivity contribution is 0.0953.